The van der Waals surface area contributed by atoms with Crippen molar-refractivity contribution in [3.05, 3.63) is 34.1 Å². The molecule has 0 unspecified atom stereocenters. The number of hydrogen-bond donors (Lipinski definition) is 1. The van der Waals surface area contributed by atoms with Crippen molar-refractivity contribution in [1.29, 1.82) is 0 Å². The molecule has 6 heteroatoms. The zero-order valence-electron chi connectivity index (χ0n) is 11.7. The smallest absolute Gasteiger partial charge is 0.308 e. The summed E-state index contributed by atoms with van der Waals surface area (Å²) in [7, 11) is 1.39. The van der Waals surface area contributed by atoms with Crippen molar-refractivity contribution >= 4 is 27.8 Å². The highest BCUT2D eigenvalue weighted by Gasteiger charge is 2.27. The third kappa shape index (κ3) is 4.27. The summed E-state index contributed by atoms with van der Waals surface area (Å²) in [6, 6.07) is 4.11. The van der Waals surface area contributed by atoms with E-state index in [-0.39, 0.29) is 29.4 Å². The monoisotopic (exact) mass is 357 g/mol. The van der Waals surface area contributed by atoms with Crippen LogP contribution in [0.15, 0.2) is 22.7 Å². The van der Waals surface area contributed by atoms with Crippen molar-refractivity contribution in [2.45, 2.75) is 31.7 Å². The molecule has 1 aromatic carbocycles. The van der Waals surface area contributed by atoms with Crippen molar-refractivity contribution in [2.24, 2.45) is 5.92 Å². The van der Waals surface area contributed by atoms with Gasteiger partial charge in [0.1, 0.15) is 5.82 Å². The lowest BCUT2D eigenvalue weighted by atomic mass is 9.86. The Kier molecular flexibility index (Phi) is 5.33. The lowest BCUT2D eigenvalue weighted by Gasteiger charge is -2.27. The second-order valence-corrected chi connectivity index (χ2v) is 6.12. The number of benzene rings is 1. The first kappa shape index (κ1) is 15.9. The SMILES string of the molecule is COC(=O)C1CCC(NC(=O)c2cc(F)cc(Br)c2)CC1. The Labute approximate surface area is 131 Å². The van der Waals surface area contributed by atoms with Crippen LogP contribution >= 0.6 is 15.9 Å². The molecular weight excluding hydrogens is 341 g/mol. The number of methoxy groups -OCH3 is 1. The number of rotatable bonds is 3. The molecular formula is C15H17BrFNO3. The van der Waals surface area contributed by atoms with E-state index >= 15 is 0 Å². The minimum atomic E-state index is -0.455. The lowest BCUT2D eigenvalue weighted by Crippen LogP contribution is -2.38. The Bertz CT molecular complexity index is 521. The second kappa shape index (κ2) is 7.02. The van der Waals surface area contributed by atoms with Crippen molar-refractivity contribution in [3.8, 4) is 0 Å². The topological polar surface area (TPSA) is 55.4 Å². The zero-order valence-corrected chi connectivity index (χ0v) is 13.3. The van der Waals surface area contributed by atoms with Crippen molar-refractivity contribution in [3.63, 3.8) is 0 Å². The van der Waals surface area contributed by atoms with E-state index in [2.05, 4.69) is 21.2 Å². The number of halogens is 2. The van der Waals surface area contributed by atoms with E-state index in [1.165, 1.54) is 19.2 Å². The largest absolute Gasteiger partial charge is 0.469 e. The molecule has 114 valence electrons. The Balaban J connectivity index is 1.91. The first-order valence-corrected chi connectivity index (χ1v) is 7.63. The number of nitrogens with one attached hydrogen (secondary N) is 1. The molecule has 0 atom stereocenters. The number of hydrogen-bond acceptors (Lipinski definition) is 3. The average molecular weight is 358 g/mol. The quantitative estimate of drug-likeness (QED) is 0.845. The Morgan fingerprint density at radius 3 is 2.48 bits per heavy atom. The summed E-state index contributed by atoms with van der Waals surface area (Å²) in [4.78, 5) is 23.5. The van der Waals surface area contributed by atoms with Gasteiger partial charge in [-0.05, 0) is 43.9 Å². The lowest BCUT2D eigenvalue weighted by molar-refractivity contribution is -0.146. The predicted molar refractivity (Wildman–Crippen MR) is 79.3 cm³/mol. The highest BCUT2D eigenvalue weighted by Crippen LogP contribution is 2.25. The molecule has 1 saturated carbocycles. The molecule has 1 fully saturated rings. The minimum Gasteiger partial charge on any atom is -0.469 e. The highest BCUT2D eigenvalue weighted by atomic mass is 79.9. The molecule has 0 radical (unpaired) electrons. The van der Waals surface area contributed by atoms with E-state index in [0.29, 0.717) is 17.3 Å². The third-order valence-electron chi connectivity index (χ3n) is 3.72. The van der Waals surface area contributed by atoms with Crippen LogP contribution in [-0.4, -0.2) is 25.0 Å². The van der Waals surface area contributed by atoms with Gasteiger partial charge in [-0.15, -0.1) is 0 Å². The van der Waals surface area contributed by atoms with Crippen molar-refractivity contribution < 1.29 is 18.7 Å². The van der Waals surface area contributed by atoms with Crippen LogP contribution in [0.5, 0.6) is 0 Å². The third-order valence-corrected chi connectivity index (χ3v) is 4.18. The van der Waals surface area contributed by atoms with Crippen LogP contribution in [0.3, 0.4) is 0 Å². The molecule has 4 nitrogen and oxygen atoms in total. The van der Waals surface area contributed by atoms with Crippen LogP contribution in [0.1, 0.15) is 36.0 Å². The molecule has 1 amide bonds. The van der Waals surface area contributed by atoms with Gasteiger partial charge in [0.15, 0.2) is 0 Å². The van der Waals surface area contributed by atoms with Gasteiger partial charge in [0.2, 0.25) is 0 Å². The fraction of sp³-hybridized carbons (Fsp3) is 0.467. The first-order valence-electron chi connectivity index (χ1n) is 6.84. The number of esters is 1. The fourth-order valence-corrected chi connectivity index (χ4v) is 3.06. The van der Waals surface area contributed by atoms with E-state index in [1.54, 1.807) is 6.07 Å². The highest BCUT2D eigenvalue weighted by molar-refractivity contribution is 9.10. The number of carbonyl (C=O) groups is 2. The molecule has 0 aliphatic heterocycles. The van der Waals surface area contributed by atoms with E-state index in [1.807, 2.05) is 0 Å². The average Bonchev–Trinajstić information content (AvgIpc) is 2.46. The molecule has 1 aromatic rings. The number of ether oxygens (including phenoxy) is 1. The molecule has 1 N–H and O–H groups in total. The minimum absolute atomic E-state index is 0.0143. The van der Waals surface area contributed by atoms with Crippen molar-refractivity contribution in [1.82, 2.24) is 5.32 Å². The predicted octanol–water partition coefficient (Wildman–Crippen LogP) is 3.05. The van der Waals surface area contributed by atoms with Gasteiger partial charge in [-0.25, -0.2) is 4.39 Å². The van der Waals surface area contributed by atoms with Crippen LogP contribution in [0, 0.1) is 11.7 Å². The molecule has 0 heterocycles. The summed E-state index contributed by atoms with van der Waals surface area (Å²) in [6.45, 7) is 0. The molecule has 0 spiro atoms. The van der Waals surface area contributed by atoms with Crippen LogP contribution in [0.25, 0.3) is 0 Å². The fourth-order valence-electron chi connectivity index (χ4n) is 2.59. The van der Waals surface area contributed by atoms with Gasteiger partial charge in [-0.3, -0.25) is 9.59 Å². The first-order chi connectivity index (χ1) is 9.99. The summed E-state index contributed by atoms with van der Waals surface area (Å²) in [5, 5.41) is 2.89. The van der Waals surface area contributed by atoms with Gasteiger partial charge in [-0.1, -0.05) is 15.9 Å². The molecule has 1 aliphatic carbocycles. The number of carbonyl (C=O) groups excluding carboxylic acids is 2. The van der Waals surface area contributed by atoms with Gasteiger partial charge in [0, 0.05) is 16.1 Å². The Morgan fingerprint density at radius 1 is 1.24 bits per heavy atom. The molecule has 21 heavy (non-hydrogen) atoms. The van der Waals surface area contributed by atoms with Gasteiger partial charge >= 0.3 is 5.97 Å². The van der Waals surface area contributed by atoms with Crippen LogP contribution in [0.4, 0.5) is 4.39 Å². The Hall–Kier alpha value is -1.43. The molecule has 0 bridgehead atoms. The van der Waals surface area contributed by atoms with Crippen LogP contribution < -0.4 is 5.32 Å². The standard InChI is InChI=1S/C15H17BrFNO3/c1-21-15(20)9-2-4-13(5-3-9)18-14(19)10-6-11(16)8-12(17)7-10/h6-9,13H,2-5H2,1H3,(H,18,19). The second-order valence-electron chi connectivity index (χ2n) is 5.20. The molecule has 1 aliphatic rings. The summed E-state index contributed by atoms with van der Waals surface area (Å²) >= 11 is 3.17. The normalized spacial score (nSPS) is 21.7. The maximum absolute atomic E-state index is 13.3. The number of amides is 1. The van der Waals surface area contributed by atoms with Crippen molar-refractivity contribution in [2.75, 3.05) is 7.11 Å². The summed E-state index contributed by atoms with van der Waals surface area (Å²) in [6.07, 6.45) is 2.85. The summed E-state index contributed by atoms with van der Waals surface area (Å²) < 4.78 is 18.5. The maximum Gasteiger partial charge on any atom is 0.308 e. The van der Waals surface area contributed by atoms with E-state index < -0.39 is 5.82 Å². The van der Waals surface area contributed by atoms with E-state index in [9.17, 15) is 14.0 Å². The van der Waals surface area contributed by atoms with Gasteiger partial charge < -0.3 is 10.1 Å². The summed E-state index contributed by atoms with van der Waals surface area (Å²) in [5.74, 6) is -1.01. The van der Waals surface area contributed by atoms with E-state index in [4.69, 9.17) is 4.74 Å². The zero-order chi connectivity index (χ0) is 15.4. The van der Waals surface area contributed by atoms with E-state index in [0.717, 1.165) is 12.8 Å². The molecule has 0 saturated heterocycles. The van der Waals surface area contributed by atoms with Gasteiger partial charge in [0.05, 0.1) is 13.0 Å². The van der Waals surface area contributed by atoms with Crippen LogP contribution in [0.2, 0.25) is 0 Å². The van der Waals surface area contributed by atoms with Crippen LogP contribution in [-0.2, 0) is 9.53 Å². The maximum atomic E-state index is 13.3. The van der Waals surface area contributed by atoms with Gasteiger partial charge in [0.25, 0.3) is 5.91 Å². The van der Waals surface area contributed by atoms with Gasteiger partial charge in [-0.2, -0.15) is 0 Å². The Morgan fingerprint density at radius 2 is 1.90 bits per heavy atom. The molecule has 0 aromatic heterocycles. The summed E-state index contributed by atoms with van der Waals surface area (Å²) in [5.41, 5.74) is 0.289. The molecule has 2 rings (SSSR count).